The first kappa shape index (κ1) is 20.5. The molecule has 5 heterocycles. The van der Waals surface area contributed by atoms with Crippen molar-refractivity contribution in [2.45, 2.75) is 25.7 Å². The Morgan fingerprint density at radius 1 is 1.06 bits per heavy atom. The Labute approximate surface area is 196 Å². The van der Waals surface area contributed by atoms with Crippen LogP contribution in [0, 0.1) is 6.92 Å². The Hall–Kier alpha value is -4.11. The largest absolute Gasteiger partial charge is 0.457 e. The monoisotopic (exact) mass is 452 g/mol. The summed E-state index contributed by atoms with van der Waals surface area (Å²) < 4.78 is 7.79. The second kappa shape index (κ2) is 8.68. The molecule has 6 rings (SSSR count). The van der Waals surface area contributed by atoms with Gasteiger partial charge in [-0.25, -0.2) is 24.5 Å². The highest BCUT2D eigenvalue weighted by atomic mass is 16.5. The minimum atomic E-state index is 0.418. The molecule has 1 fully saturated rings. The van der Waals surface area contributed by atoms with Gasteiger partial charge in [-0.1, -0.05) is 0 Å². The Morgan fingerprint density at radius 2 is 2.03 bits per heavy atom. The summed E-state index contributed by atoms with van der Waals surface area (Å²) in [7, 11) is 0. The smallest absolute Gasteiger partial charge is 0.160 e. The highest BCUT2D eigenvalue weighted by Crippen LogP contribution is 2.30. The van der Waals surface area contributed by atoms with Gasteiger partial charge in [0.1, 0.15) is 29.7 Å². The first-order valence-electron chi connectivity index (χ1n) is 11.4. The van der Waals surface area contributed by atoms with Crippen LogP contribution in [0.3, 0.4) is 0 Å². The van der Waals surface area contributed by atoms with E-state index < -0.39 is 0 Å². The van der Waals surface area contributed by atoms with Crippen LogP contribution < -0.4 is 15.4 Å². The SMILES string of the molecule is Cc1cc(Nc2ncnc3ccc([C@@H]4CCCNC4)nc23)ccc1Oc1ccn2ncnc2c1. The fourth-order valence-corrected chi connectivity index (χ4v) is 4.34. The molecule has 170 valence electrons. The molecule has 2 N–H and O–H groups in total. The number of piperidine rings is 1. The zero-order chi connectivity index (χ0) is 22.9. The third-order valence-electron chi connectivity index (χ3n) is 6.14. The molecule has 1 aromatic carbocycles. The molecule has 0 aliphatic carbocycles. The molecular weight excluding hydrogens is 428 g/mol. The van der Waals surface area contributed by atoms with Crippen LogP contribution in [0.4, 0.5) is 11.5 Å². The predicted molar refractivity (Wildman–Crippen MR) is 130 cm³/mol. The van der Waals surface area contributed by atoms with E-state index in [4.69, 9.17) is 9.72 Å². The maximum atomic E-state index is 6.09. The molecule has 1 aliphatic rings. The summed E-state index contributed by atoms with van der Waals surface area (Å²) in [5.41, 5.74) is 5.33. The van der Waals surface area contributed by atoms with Crippen LogP contribution in [0.25, 0.3) is 16.7 Å². The number of aromatic nitrogens is 6. The lowest BCUT2D eigenvalue weighted by molar-refractivity contribution is 0.455. The molecule has 9 nitrogen and oxygen atoms in total. The molecule has 1 saturated heterocycles. The number of hydrogen-bond acceptors (Lipinski definition) is 8. The number of ether oxygens (including phenoxy) is 1. The van der Waals surface area contributed by atoms with Crippen LogP contribution in [-0.4, -0.2) is 42.6 Å². The fraction of sp³-hybridized carbons (Fsp3) is 0.240. The average Bonchev–Trinajstić information content (AvgIpc) is 3.34. The highest BCUT2D eigenvalue weighted by Gasteiger charge is 2.18. The number of aryl methyl sites for hydroxylation is 1. The number of nitrogens with zero attached hydrogens (tertiary/aromatic N) is 6. The standard InChI is InChI=1S/C25H24N8O/c1-16-11-18(4-7-22(16)34-19-8-10-33-23(12-19)28-15-30-33)31-25-24-21(27-14-29-25)6-5-20(32-24)17-3-2-9-26-13-17/h4-8,10-12,14-15,17,26H,2-3,9,13H2,1H3,(H,27,29,31)/t17-/m1/s1. The molecule has 5 aromatic rings. The summed E-state index contributed by atoms with van der Waals surface area (Å²) in [4.78, 5) is 18.0. The number of nitrogens with one attached hydrogen (secondary N) is 2. The van der Waals surface area contributed by atoms with Crippen molar-refractivity contribution in [3.63, 3.8) is 0 Å². The summed E-state index contributed by atoms with van der Waals surface area (Å²) in [6, 6.07) is 13.8. The molecule has 4 aromatic heterocycles. The van der Waals surface area contributed by atoms with Gasteiger partial charge < -0.3 is 15.4 Å². The van der Waals surface area contributed by atoms with E-state index in [1.165, 1.54) is 12.7 Å². The van der Waals surface area contributed by atoms with Crippen molar-refractivity contribution in [1.82, 2.24) is 34.9 Å². The lowest BCUT2D eigenvalue weighted by Gasteiger charge is -2.22. The minimum Gasteiger partial charge on any atom is -0.457 e. The van der Waals surface area contributed by atoms with Crippen LogP contribution in [0.15, 0.2) is 61.3 Å². The van der Waals surface area contributed by atoms with Crippen molar-refractivity contribution in [1.29, 1.82) is 0 Å². The van der Waals surface area contributed by atoms with Crippen LogP contribution in [0.2, 0.25) is 0 Å². The van der Waals surface area contributed by atoms with Crippen LogP contribution >= 0.6 is 0 Å². The molecule has 9 heteroatoms. The van der Waals surface area contributed by atoms with Crippen LogP contribution in [-0.2, 0) is 0 Å². The maximum absolute atomic E-state index is 6.09. The van der Waals surface area contributed by atoms with E-state index >= 15 is 0 Å². The molecule has 34 heavy (non-hydrogen) atoms. The molecular formula is C25H24N8O. The number of benzene rings is 1. The molecule has 1 aliphatic heterocycles. The van der Waals surface area contributed by atoms with E-state index in [1.807, 2.05) is 49.5 Å². The van der Waals surface area contributed by atoms with Gasteiger partial charge in [0.05, 0.1) is 5.52 Å². The molecule has 0 radical (unpaired) electrons. The van der Waals surface area contributed by atoms with Gasteiger partial charge in [-0.2, -0.15) is 5.10 Å². The Kier molecular flexibility index (Phi) is 5.23. The van der Waals surface area contributed by atoms with Crippen molar-refractivity contribution in [3.8, 4) is 11.5 Å². The van der Waals surface area contributed by atoms with Gasteiger partial charge in [0.25, 0.3) is 0 Å². The summed E-state index contributed by atoms with van der Waals surface area (Å²) in [6.45, 7) is 4.05. The summed E-state index contributed by atoms with van der Waals surface area (Å²) >= 11 is 0. The molecule has 0 spiro atoms. The average molecular weight is 453 g/mol. The number of pyridine rings is 2. The number of anilines is 2. The third-order valence-corrected chi connectivity index (χ3v) is 6.14. The van der Waals surface area contributed by atoms with Crippen molar-refractivity contribution < 1.29 is 4.74 Å². The first-order chi connectivity index (χ1) is 16.7. The minimum absolute atomic E-state index is 0.418. The first-order valence-corrected chi connectivity index (χ1v) is 11.4. The van der Waals surface area contributed by atoms with E-state index in [0.29, 0.717) is 17.5 Å². The Balaban J connectivity index is 1.25. The van der Waals surface area contributed by atoms with Crippen LogP contribution in [0.1, 0.15) is 30.0 Å². The van der Waals surface area contributed by atoms with Crippen LogP contribution in [0.5, 0.6) is 11.5 Å². The second-order valence-electron chi connectivity index (χ2n) is 8.50. The van der Waals surface area contributed by atoms with Crippen molar-refractivity contribution in [2.75, 3.05) is 18.4 Å². The summed E-state index contributed by atoms with van der Waals surface area (Å²) in [5.74, 6) is 2.59. The zero-order valence-corrected chi connectivity index (χ0v) is 18.8. The molecule has 0 unspecified atom stereocenters. The molecule has 0 bridgehead atoms. The van der Waals surface area contributed by atoms with Gasteiger partial charge in [0, 0.05) is 36.1 Å². The lowest BCUT2D eigenvalue weighted by Crippen LogP contribution is -2.28. The summed E-state index contributed by atoms with van der Waals surface area (Å²) in [6.07, 6.45) is 7.23. The van der Waals surface area contributed by atoms with Gasteiger partial charge in [-0.3, -0.25) is 0 Å². The van der Waals surface area contributed by atoms with Crippen molar-refractivity contribution >= 4 is 28.2 Å². The molecule has 0 amide bonds. The molecule has 0 saturated carbocycles. The third kappa shape index (κ3) is 4.01. The molecule has 1 atom stereocenters. The number of fused-ring (bicyclic) bond motifs is 2. The van der Waals surface area contributed by atoms with E-state index in [9.17, 15) is 0 Å². The second-order valence-corrected chi connectivity index (χ2v) is 8.50. The van der Waals surface area contributed by atoms with Gasteiger partial charge in [0.15, 0.2) is 11.5 Å². The van der Waals surface area contributed by atoms with E-state index in [1.54, 1.807) is 10.8 Å². The lowest BCUT2D eigenvalue weighted by atomic mass is 9.95. The van der Waals surface area contributed by atoms with Gasteiger partial charge in [-0.15, -0.1) is 0 Å². The van der Waals surface area contributed by atoms with Gasteiger partial charge in [0.2, 0.25) is 0 Å². The highest BCUT2D eigenvalue weighted by molar-refractivity contribution is 5.87. The normalized spacial score (nSPS) is 16.1. The Morgan fingerprint density at radius 3 is 2.91 bits per heavy atom. The topological polar surface area (TPSA) is 102 Å². The predicted octanol–water partition coefficient (Wildman–Crippen LogP) is 4.38. The van der Waals surface area contributed by atoms with Gasteiger partial charge >= 0.3 is 0 Å². The van der Waals surface area contributed by atoms with Crippen molar-refractivity contribution in [2.24, 2.45) is 0 Å². The Bertz CT molecular complexity index is 1470. The fourth-order valence-electron chi connectivity index (χ4n) is 4.34. The van der Waals surface area contributed by atoms with E-state index in [0.717, 1.165) is 58.9 Å². The quantitative estimate of drug-likeness (QED) is 0.405. The summed E-state index contributed by atoms with van der Waals surface area (Å²) in [5, 5.41) is 11.0. The van der Waals surface area contributed by atoms with E-state index in [2.05, 4.69) is 36.8 Å². The van der Waals surface area contributed by atoms with Gasteiger partial charge in [-0.05, 0) is 68.3 Å². The number of hydrogen-bond donors (Lipinski definition) is 2. The zero-order valence-electron chi connectivity index (χ0n) is 18.8. The maximum Gasteiger partial charge on any atom is 0.160 e. The number of rotatable bonds is 5. The van der Waals surface area contributed by atoms with E-state index in [-0.39, 0.29) is 0 Å². The van der Waals surface area contributed by atoms with Crippen molar-refractivity contribution in [3.05, 3.63) is 72.6 Å².